The van der Waals surface area contributed by atoms with Crippen molar-refractivity contribution in [1.29, 1.82) is 0 Å². The number of amides is 2. The van der Waals surface area contributed by atoms with Crippen molar-refractivity contribution in [1.82, 2.24) is 10.2 Å². The van der Waals surface area contributed by atoms with E-state index in [1.807, 2.05) is 99.6 Å². The van der Waals surface area contributed by atoms with Crippen LogP contribution >= 0.6 is 0 Å². The highest BCUT2D eigenvalue weighted by atomic mass is 16.5. The van der Waals surface area contributed by atoms with E-state index in [1.165, 1.54) is 0 Å². The Labute approximate surface area is 209 Å². The van der Waals surface area contributed by atoms with Crippen molar-refractivity contribution in [3.05, 3.63) is 101 Å². The zero-order chi connectivity index (χ0) is 25.2. The maximum absolute atomic E-state index is 13.8. The van der Waals surface area contributed by atoms with E-state index < -0.39 is 6.04 Å². The predicted molar refractivity (Wildman–Crippen MR) is 140 cm³/mol. The number of carbonyl (C=O) groups excluding carboxylic acids is 2. The number of ether oxygens (including phenoxy) is 1. The number of nitrogens with zero attached hydrogens (tertiary/aromatic N) is 1. The average molecular weight is 473 g/mol. The molecule has 5 heteroatoms. The van der Waals surface area contributed by atoms with E-state index in [9.17, 15) is 9.59 Å². The molecule has 2 atom stereocenters. The van der Waals surface area contributed by atoms with Crippen molar-refractivity contribution < 1.29 is 14.3 Å². The van der Waals surface area contributed by atoms with Crippen LogP contribution in [-0.2, 0) is 29.0 Å². The van der Waals surface area contributed by atoms with Crippen molar-refractivity contribution >= 4 is 11.8 Å². The molecule has 0 aliphatic rings. The van der Waals surface area contributed by atoms with E-state index in [0.717, 1.165) is 34.4 Å². The second kappa shape index (κ2) is 12.7. The smallest absolute Gasteiger partial charge is 0.243 e. The summed E-state index contributed by atoms with van der Waals surface area (Å²) in [6.45, 7) is 6.36. The summed E-state index contributed by atoms with van der Waals surface area (Å²) in [6.07, 6.45) is 1.48. The van der Waals surface area contributed by atoms with Crippen LogP contribution in [0.3, 0.4) is 0 Å². The van der Waals surface area contributed by atoms with Crippen molar-refractivity contribution in [2.75, 3.05) is 7.11 Å². The molecular formula is C30H36N2O3. The first-order valence-electron chi connectivity index (χ1n) is 12.2. The highest BCUT2D eigenvalue weighted by Gasteiger charge is 2.31. The molecule has 3 rings (SSSR count). The Balaban J connectivity index is 1.97. The SMILES string of the molecule is CC[C@@H](C)NC(=O)[C@H](Cc1ccccc1)N(Cc1cccc(OC)c1)C(=O)Cc1ccc(C)cc1. The molecule has 184 valence electrons. The molecule has 0 aliphatic heterocycles. The molecule has 3 aromatic rings. The Bertz CT molecular complexity index is 1100. The second-order valence-electron chi connectivity index (χ2n) is 9.06. The minimum atomic E-state index is -0.643. The number of nitrogens with one attached hydrogen (secondary N) is 1. The van der Waals surface area contributed by atoms with Crippen LogP contribution in [0, 0.1) is 6.92 Å². The van der Waals surface area contributed by atoms with E-state index in [0.29, 0.717) is 13.0 Å². The normalized spacial score (nSPS) is 12.5. The summed E-state index contributed by atoms with van der Waals surface area (Å²) >= 11 is 0. The third-order valence-electron chi connectivity index (χ3n) is 6.24. The Kier molecular flexibility index (Phi) is 9.47. The number of hydrogen-bond acceptors (Lipinski definition) is 3. The molecule has 0 saturated carbocycles. The Hall–Kier alpha value is -3.60. The van der Waals surface area contributed by atoms with Gasteiger partial charge in [-0.3, -0.25) is 9.59 Å². The quantitative estimate of drug-likeness (QED) is 0.422. The number of benzene rings is 3. The molecule has 0 fully saturated rings. The van der Waals surface area contributed by atoms with Crippen LogP contribution in [0.15, 0.2) is 78.9 Å². The minimum absolute atomic E-state index is 0.0200. The molecule has 2 amide bonds. The van der Waals surface area contributed by atoms with Gasteiger partial charge in [0, 0.05) is 19.0 Å². The molecule has 0 radical (unpaired) electrons. The van der Waals surface area contributed by atoms with E-state index in [4.69, 9.17) is 4.74 Å². The first kappa shape index (κ1) is 26.0. The molecule has 5 nitrogen and oxygen atoms in total. The second-order valence-corrected chi connectivity index (χ2v) is 9.06. The van der Waals surface area contributed by atoms with Gasteiger partial charge in [0.25, 0.3) is 0 Å². The maximum atomic E-state index is 13.8. The van der Waals surface area contributed by atoms with E-state index in [1.54, 1.807) is 12.0 Å². The van der Waals surface area contributed by atoms with E-state index in [-0.39, 0.29) is 24.3 Å². The van der Waals surface area contributed by atoms with Crippen LogP contribution in [0.25, 0.3) is 0 Å². The van der Waals surface area contributed by atoms with Crippen LogP contribution in [0.5, 0.6) is 5.75 Å². The van der Waals surface area contributed by atoms with Crippen molar-refractivity contribution in [3.8, 4) is 5.75 Å². The van der Waals surface area contributed by atoms with Gasteiger partial charge in [-0.2, -0.15) is 0 Å². The highest BCUT2D eigenvalue weighted by Crippen LogP contribution is 2.20. The summed E-state index contributed by atoms with van der Waals surface area (Å²) in [5.41, 5.74) is 3.99. The number of methoxy groups -OCH3 is 1. The number of rotatable bonds is 11. The van der Waals surface area contributed by atoms with Gasteiger partial charge in [-0.05, 0) is 49.1 Å². The fourth-order valence-electron chi connectivity index (χ4n) is 3.94. The fraction of sp³-hybridized carbons (Fsp3) is 0.333. The lowest BCUT2D eigenvalue weighted by Gasteiger charge is -2.32. The molecule has 1 N–H and O–H groups in total. The van der Waals surface area contributed by atoms with Gasteiger partial charge < -0.3 is 15.0 Å². The largest absolute Gasteiger partial charge is 0.497 e. The van der Waals surface area contributed by atoms with E-state index >= 15 is 0 Å². The number of carbonyl (C=O) groups is 2. The lowest BCUT2D eigenvalue weighted by atomic mass is 10.0. The highest BCUT2D eigenvalue weighted by molar-refractivity contribution is 5.89. The van der Waals surface area contributed by atoms with Gasteiger partial charge >= 0.3 is 0 Å². The lowest BCUT2D eigenvalue weighted by molar-refractivity contribution is -0.141. The zero-order valence-corrected chi connectivity index (χ0v) is 21.2. The van der Waals surface area contributed by atoms with Crippen LogP contribution in [0.2, 0.25) is 0 Å². The van der Waals surface area contributed by atoms with Crippen molar-refractivity contribution in [3.63, 3.8) is 0 Å². The minimum Gasteiger partial charge on any atom is -0.497 e. The Morgan fingerprint density at radius 1 is 0.914 bits per heavy atom. The summed E-state index contributed by atoms with van der Waals surface area (Å²) in [5.74, 6) is 0.498. The summed E-state index contributed by atoms with van der Waals surface area (Å²) in [6, 6.07) is 24.9. The monoisotopic (exact) mass is 472 g/mol. The standard InChI is InChI=1S/C30H36N2O3/c1-5-23(3)31-30(34)28(19-24-10-7-6-8-11-24)32(21-26-12-9-13-27(18-26)35-4)29(33)20-25-16-14-22(2)15-17-25/h6-18,23,28H,5,19-21H2,1-4H3,(H,31,34)/t23-,28+/m1/s1. The molecular weight excluding hydrogens is 436 g/mol. The van der Waals surface area contributed by atoms with Gasteiger partial charge in [0.15, 0.2) is 0 Å². The first-order chi connectivity index (χ1) is 16.9. The molecule has 0 aliphatic carbocycles. The summed E-state index contributed by atoms with van der Waals surface area (Å²) in [4.78, 5) is 29.0. The average Bonchev–Trinajstić information content (AvgIpc) is 2.88. The Morgan fingerprint density at radius 2 is 1.60 bits per heavy atom. The lowest BCUT2D eigenvalue weighted by Crippen LogP contribution is -2.52. The van der Waals surface area contributed by atoms with Crippen LogP contribution in [-0.4, -0.2) is 35.9 Å². The number of hydrogen-bond donors (Lipinski definition) is 1. The third-order valence-corrected chi connectivity index (χ3v) is 6.24. The summed E-state index contributed by atoms with van der Waals surface area (Å²) in [7, 11) is 1.62. The van der Waals surface area contributed by atoms with Gasteiger partial charge in [0.1, 0.15) is 11.8 Å². The van der Waals surface area contributed by atoms with Gasteiger partial charge in [-0.25, -0.2) is 0 Å². The van der Waals surface area contributed by atoms with Gasteiger partial charge in [-0.15, -0.1) is 0 Å². The van der Waals surface area contributed by atoms with Crippen LogP contribution in [0.4, 0.5) is 0 Å². The first-order valence-corrected chi connectivity index (χ1v) is 12.2. The molecule has 0 bridgehead atoms. The molecule has 0 heterocycles. The zero-order valence-electron chi connectivity index (χ0n) is 21.2. The molecule has 0 spiro atoms. The van der Waals surface area contributed by atoms with E-state index in [2.05, 4.69) is 5.32 Å². The third kappa shape index (κ3) is 7.71. The van der Waals surface area contributed by atoms with Gasteiger partial charge in [0.2, 0.25) is 11.8 Å². The van der Waals surface area contributed by atoms with Gasteiger partial charge in [-0.1, -0.05) is 79.2 Å². The van der Waals surface area contributed by atoms with Gasteiger partial charge in [0.05, 0.1) is 13.5 Å². The van der Waals surface area contributed by atoms with Crippen molar-refractivity contribution in [2.45, 2.75) is 58.7 Å². The van der Waals surface area contributed by atoms with Crippen LogP contribution in [0.1, 0.15) is 42.5 Å². The fourth-order valence-corrected chi connectivity index (χ4v) is 3.94. The molecule has 35 heavy (non-hydrogen) atoms. The maximum Gasteiger partial charge on any atom is 0.243 e. The number of aryl methyl sites for hydroxylation is 1. The molecule has 0 saturated heterocycles. The molecule has 0 aromatic heterocycles. The Morgan fingerprint density at radius 3 is 2.26 bits per heavy atom. The predicted octanol–water partition coefficient (Wildman–Crippen LogP) is 5.10. The van der Waals surface area contributed by atoms with Crippen LogP contribution < -0.4 is 10.1 Å². The summed E-state index contributed by atoms with van der Waals surface area (Å²) in [5, 5.41) is 3.11. The molecule has 3 aromatic carbocycles. The summed E-state index contributed by atoms with van der Waals surface area (Å²) < 4.78 is 5.39. The topological polar surface area (TPSA) is 58.6 Å². The molecule has 0 unspecified atom stereocenters. The van der Waals surface area contributed by atoms with Crippen molar-refractivity contribution in [2.24, 2.45) is 0 Å².